The first-order valence-electron chi connectivity index (χ1n) is 8.44. The Morgan fingerprint density at radius 1 is 1.25 bits per heavy atom. The normalized spacial score (nSPS) is 31.5. The first kappa shape index (κ1) is 14.8. The van der Waals surface area contributed by atoms with Gasteiger partial charge < -0.3 is 19.1 Å². The van der Waals surface area contributed by atoms with E-state index in [0.717, 1.165) is 43.9 Å². The average molecular weight is 351 g/mol. The van der Waals surface area contributed by atoms with Crippen molar-refractivity contribution in [2.24, 2.45) is 0 Å². The minimum absolute atomic E-state index is 0.104. The highest BCUT2D eigenvalue weighted by atomic mass is 35.5. The van der Waals surface area contributed by atoms with Crippen LogP contribution in [0.1, 0.15) is 24.8 Å². The van der Waals surface area contributed by atoms with Gasteiger partial charge in [-0.25, -0.2) is 0 Å². The number of carbonyl (C=O) groups is 1. The molecule has 0 unspecified atom stereocenters. The van der Waals surface area contributed by atoms with E-state index in [2.05, 4.69) is 4.90 Å². The number of hydrogen-bond donors (Lipinski definition) is 0. The van der Waals surface area contributed by atoms with Crippen molar-refractivity contribution in [3.8, 4) is 11.5 Å². The molecule has 0 aliphatic carbocycles. The number of carbonyl (C=O) groups excluding carboxylic acids is 1. The molecule has 128 valence electrons. The molecule has 5 rings (SSSR count). The van der Waals surface area contributed by atoms with Crippen LogP contribution < -0.4 is 9.47 Å². The second kappa shape index (κ2) is 5.25. The molecule has 4 aliphatic rings. The molecule has 1 amide bonds. The molecule has 0 saturated carbocycles. The lowest BCUT2D eigenvalue weighted by molar-refractivity contribution is -0.180. The molecule has 4 aliphatic heterocycles. The maximum Gasteiger partial charge on any atom is 0.231 e. The van der Waals surface area contributed by atoms with Crippen molar-refractivity contribution >= 4 is 17.5 Å². The van der Waals surface area contributed by atoms with E-state index >= 15 is 0 Å². The Hall–Kier alpha value is -1.50. The van der Waals surface area contributed by atoms with Crippen LogP contribution in [-0.4, -0.2) is 54.0 Å². The van der Waals surface area contributed by atoms with Gasteiger partial charge >= 0.3 is 0 Å². The lowest BCUT2D eigenvalue weighted by Gasteiger charge is -2.42. The van der Waals surface area contributed by atoms with Gasteiger partial charge in [0.05, 0.1) is 12.6 Å². The summed E-state index contributed by atoms with van der Waals surface area (Å²) >= 11 is 6.42. The fraction of sp³-hybridized carbons (Fsp3) is 0.588. The predicted molar refractivity (Wildman–Crippen MR) is 86.0 cm³/mol. The van der Waals surface area contributed by atoms with Crippen molar-refractivity contribution in [3.05, 3.63) is 22.7 Å². The van der Waals surface area contributed by atoms with Crippen LogP contribution in [0.4, 0.5) is 0 Å². The van der Waals surface area contributed by atoms with Crippen molar-refractivity contribution in [1.29, 1.82) is 0 Å². The third-order valence-corrected chi connectivity index (χ3v) is 5.99. The Balaban J connectivity index is 1.42. The van der Waals surface area contributed by atoms with Gasteiger partial charge in [-0.2, -0.15) is 0 Å². The summed E-state index contributed by atoms with van der Waals surface area (Å²) in [5, 5.41) is 0.672. The minimum Gasteiger partial charge on any atom is -0.454 e. The van der Waals surface area contributed by atoms with Gasteiger partial charge in [-0.3, -0.25) is 9.69 Å². The first-order chi connectivity index (χ1) is 11.7. The van der Waals surface area contributed by atoms with Gasteiger partial charge in [0.25, 0.3) is 0 Å². The van der Waals surface area contributed by atoms with Crippen molar-refractivity contribution < 1.29 is 19.0 Å². The average Bonchev–Trinajstić information content (AvgIpc) is 3.22. The fourth-order valence-electron chi connectivity index (χ4n) is 4.52. The zero-order valence-corrected chi connectivity index (χ0v) is 14.1. The molecule has 0 radical (unpaired) electrons. The number of benzene rings is 1. The molecule has 1 spiro atoms. The largest absolute Gasteiger partial charge is 0.454 e. The zero-order valence-electron chi connectivity index (χ0n) is 13.3. The van der Waals surface area contributed by atoms with E-state index in [9.17, 15) is 4.79 Å². The first-order valence-corrected chi connectivity index (χ1v) is 8.82. The molecule has 1 aromatic rings. The molecule has 0 aromatic heterocycles. The SMILES string of the molecule is O=C1C[C@H]2N(Cc3cc4c(cc3Cl)OCO4)CC[C@]23OCCCN13. The zero-order chi connectivity index (χ0) is 16.3. The maximum absolute atomic E-state index is 12.4. The van der Waals surface area contributed by atoms with Crippen LogP contribution in [0.15, 0.2) is 12.1 Å². The number of likely N-dealkylation sites (tertiary alicyclic amines) is 1. The van der Waals surface area contributed by atoms with Crippen LogP contribution in [0.5, 0.6) is 11.5 Å². The molecule has 3 fully saturated rings. The third-order valence-electron chi connectivity index (χ3n) is 5.64. The van der Waals surface area contributed by atoms with Crippen LogP contribution in [0, 0.1) is 0 Å². The Morgan fingerprint density at radius 3 is 2.96 bits per heavy atom. The van der Waals surface area contributed by atoms with Gasteiger partial charge in [-0.05, 0) is 18.1 Å². The van der Waals surface area contributed by atoms with Crippen LogP contribution in [0.2, 0.25) is 5.02 Å². The molecule has 7 heteroatoms. The summed E-state index contributed by atoms with van der Waals surface area (Å²) in [7, 11) is 0. The Morgan fingerprint density at radius 2 is 2.08 bits per heavy atom. The number of amides is 1. The second-order valence-corrected chi connectivity index (χ2v) is 7.24. The van der Waals surface area contributed by atoms with Gasteiger partial charge in [0.2, 0.25) is 12.7 Å². The number of rotatable bonds is 2. The highest BCUT2D eigenvalue weighted by Crippen LogP contribution is 2.46. The Labute approximate surface area is 145 Å². The Kier molecular flexibility index (Phi) is 3.24. The monoisotopic (exact) mass is 350 g/mol. The van der Waals surface area contributed by atoms with Crippen LogP contribution in [-0.2, 0) is 16.1 Å². The predicted octanol–water partition coefficient (Wildman–Crippen LogP) is 1.99. The van der Waals surface area contributed by atoms with E-state index in [-0.39, 0.29) is 18.7 Å². The third kappa shape index (κ3) is 2.00. The number of nitrogens with zero attached hydrogens (tertiary/aromatic N) is 2. The lowest BCUT2D eigenvalue weighted by atomic mass is 10.0. The number of fused-ring (bicyclic) bond motifs is 1. The highest BCUT2D eigenvalue weighted by molar-refractivity contribution is 6.31. The number of halogens is 1. The highest BCUT2D eigenvalue weighted by Gasteiger charge is 2.60. The molecule has 4 heterocycles. The van der Waals surface area contributed by atoms with Crippen LogP contribution >= 0.6 is 11.6 Å². The minimum atomic E-state index is -0.419. The van der Waals surface area contributed by atoms with E-state index < -0.39 is 5.72 Å². The summed E-state index contributed by atoms with van der Waals surface area (Å²) in [6.07, 6.45) is 2.32. The molecule has 6 nitrogen and oxygen atoms in total. The smallest absolute Gasteiger partial charge is 0.231 e. The summed E-state index contributed by atoms with van der Waals surface area (Å²) in [4.78, 5) is 16.7. The van der Waals surface area contributed by atoms with Crippen LogP contribution in [0.25, 0.3) is 0 Å². The molecular weight excluding hydrogens is 332 g/mol. The molecule has 3 saturated heterocycles. The molecule has 2 atom stereocenters. The van der Waals surface area contributed by atoms with Crippen molar-refractivity contribution in [2.45, 2.75) is 37.6 Å². The van der Waals surface area contributed by atoms with Crippen molar-refractivity contribution in [2.75, 3.05) is 26.5 Å². The number of ether oxygens (including phenoxy) is 3. The van der Waals surface area contributed by atoms with E-state index in [1.807, 2.05) is 17.0 Å². The maximum atomic E-state index is 12.4. The summed E-state index contributed by atoms with van der Waals surface area (Å²) < 4.78 is 17.0. The van der Waals surface area contributed by atoms with Crippen molar-refractivity contribution in [3.63, 3.8) is 0 Å². The topological polar surface area (TPSA) is 51.2 Å². The quantitative estimate of drug-likeness (QED) is 0.816. The van der Waals surface area contributed by atoms with E-state index in [1.54, 1.807) is 0 Å². The standard InChI is InChI=1S/C17H19ClN2O4/c18-12-7-14-13(22-10-23-14)6-11(12)9-19-4-2-17-15(19)8-16(21)20(17)3-1-5-24-17/h6-7,15H,1-5,8-10H2/t15-,17+/m1/s1. The van der Waals surface area contributed by atoms with Gasteiger partial charge in [-0.1, -0.05) is 11.6 Å². The summed E-state index contributed by atoms with van der Waals surface area (Å²) in [5.41, 5.74) is 0.581. The Bertz CT molecular complexity index is 712. The molecule has 0 bridgehead atoms. The van der Waals surface area contributed by atoms with Crippen LogP contribution in [0.3, 0.4) is 0 Å². The van der Waals surface area contributed by atoms with E-state index in [4.69, 9.17) is 25.8 Å². The lowest BCUT2D eigenvalue weighted by Crippen LogP contribution is -2.56. The van der Waals surface area contributed by atoms with E-state index in [1.165, 1.54) is 0 Å². The fourth-order valence-corrected chi connectivity index (χ4v) is 4.74. The van der Waals surface area contributed by atoms with Gasteiger partial charge in [-0.15, -0.1) is 0 Å². The van der Waals surface area contributed by atoms with Crippen molar-refractivity contribution in [1.82, 2.24) is 9.80 Å². The second-order valence-electron chi connectivity index (χ2n) is 6.83. The van der Waals surface area contributed by atoms with E-state index in [0.29, 0.717) is 23.7 Å². The summed E-state index contributed by atoms with van der Waals surface area (Å²) in [6.45, 7) is 3.38. The van der Waals surface area contributed by atoms with Gasteiger partial charge in [0.1, 0.15) is 0 Å². The molecule has 0 N–H and O–H groups in total. The van der Waals surface area contributed by atoms with Gasteiger partial charge in [0, 0.05) is 43.6 Å². The molecule has 1 aromatic carbocycles. The number of hydrogen-bond acceptors (Lipinski definition) is 5. The summed E-state index contributed by atoms with van der Waals surface area (Å²) in [5.74, 6) is 1.64. The molecule has 24 heavy (non-hydrogen) atoms. The molecular formula is C17H19ClN2O4. The summed E-state index contributed by atoms with van der Waals surface area (Å²) in [6, 6.07) is 3.87. The van der Waals surface area contributed by atoms with Gasteiger partial charge in [0.15, 0.2) is 17.2 Å².